The number of amides is 1. The molecule has 1 atom stereocenters. The Morgan fingerprint density at radius 3 is 3.11 bits per heavy atom. The molecule has 7 heteroatoms. The zero-order valence-corrected chi connectivity index (χ0v) is 12.0. The number of hydrogen-bond donors (Lipinski definition) is 1. The highest BCUT2D eigenvalue weighted by Gasteiger charge is 2.27. The molecule has 1 aliphatic carbocycles. The van der Waals surface area contributed by atoms with Crippen molar-refractivity contribution < 1.29 is 9.21 Å². The van der Waals surface area contributed by atoms with Crippen LogP contribution >= 0.6 is 23.1 Å². The van der Waals surface area contributed by atoms with Gasteiger partial charge in [0.2, 0.25) is 5.91 Å². The minimum atomic E-state index is -0.225. The summed E-state index contributed by atoms with van der Waals surface area (Å²) >= 11 is 2.84. The Hall–Kier alpha value is -1.34. The fraction of sp³-hybridized carbons (Fsp3) is 0.417. The summed E-state index contributed by atoms with van der Waals surface area (Å²) in [6, 6.07) is 4.23. The molecule has 0 saturated heterocycles. The topological polar surface area (TPSA) is 68.0 Å². The van der Waals surface area contributed by atoms with E-state index >= 15 is 0 Å². The van der Waals surface area contributed by atoms with E-state index in [4.69, 9.17) is 4.42 Å². The van der Waals surface area contributed by atoms with E-state index in [0.29, 0.717) is 17.2 Å². The van der Waals surface area contributed by atoms with Crippen LogP contribution < -0.4 is 5.32 Å². The molecular weight excluding hydrogens is 282 g/mol. The van der Waals surface area contributed by atoms with Gasteiger partial charge < -0.3 is 9.73 Å². The molecule has 0 aliphatic heterocycles. The largest absolute Gasteiger partial charge is 0.410 e. The number of carbonyl (C=O) groups is 1. The fourth-order valence-corrected chi connectivity index (χ4v) is 2.84. The van der Waals surface area contributed by atoms with Crippen molar-refractivity contribution in [1.82, 2.24) is 15.5 Å². The lowest BCUT2D eigenvalue weighted by molar-refractivity contribution is -0.120. The first-order valence-corrected chi connectivity index (χ1v) is 7.83. The molecular formula is C12H13N3O2S2. The molecule has 1 amide bonds. The zero-order chi connectivity index (χ0) is 13.2. The molecule has 2 heterocycles. The number of nitrogens with zero attached hydrogens (tertiary/aromatic N) is 2. The van der Waals surface area contributed by atoms with Gasteiger partial charge in [-0.25, -0.2) is 0 Å². The maximum atomic E-state index is 11.8. The van der Waals surface area contributed by atoms with E-state index in [0.717, 1.165) is 17.7 Å². The maximum absolute atomic E-state index is 11.8. The lowest BCUT2D eigenvalue weighted by Crippen LogP contribution is -2.32. The smallest absolute Gasteiger partial charge is 0.277 e. The number of rotatable bonds is 5. The lowest BCUT2D eigenvalue weighted by atomic mass is 10.4. The molecule has 1 N–H and O–H groups in total. The standard InChI is InChI=1S/C12H13N3O2S2/c1-7(10(16)13-8-4-5-8)19-12-15-14-11(17-12)9-3-2-6-18-9/h2-3,6-8H,4-5H2,1H3,(H,13,16). The van der Waals surface area contributed by atoms with E-state index in [2.05, 4.69) is 15.5 Å². The van der Waals surface area contributed by atoms with Crippen LogP contribution in [0.5, 0.6) is 0 Å². The van der Waals surface area contributed by atoms with Gasteiger partial charge >= 0.3 is 0 Å². The Morgan fingerprint density at radius 1 is 1.58 bits per heavy atom. The molecule has 3 rings (SSSR count). The predicted octanol–water partition coefficient (Wildman–Crippen LogP) is 2.56. The van der Waals surface area contributed by atoms with Crippen LogP contribution in [-0.2, 0) is 4.79 Å². The normalized spacial score (nSPS) is 16.3. The van der Waals surface area contributed by atoms with Crippen molar-refractivity contribution in [2.75, 3.05) is 0 Å². The van der Waals surface area contributed by atoms with E-state index in [-0.39, 0.29) is 11.2 Å². The van der Waals surface area contributed by atoms with Crippen molar-refractivity contribution in [3.05, 3.63) is 17.5 Å². The van der Waals surface area contributed by atoms with Crippen molar-refractivity contribution in [2.45, 2.75) is 36.3 Å². The molecule has 0 bridgehead atoms. The van der Waals surface area contributed by atoms with Crippen LogP contribution in [0.25, 0.3) is 10.8 Å². The van der Waals surface area contributed by atoms with Gasteiger partial charge in [-0.15, -0.1) is 21.5 Å². The SMILES string of the molecule is CC(Sc1nnc(-c2cccs2)o1)C(=O)NC1CC1. The van der Waals surface area contributed by atoms with Gasteiger partial charge in [0, 0.05) is 6.04 Å². The molecule has 1 unspecified atom stereocenters. The minimum Gasteiger partial charge on any atom is -0.410 e. The monoisotopic (exact) mass is 295 g/mol. The Labute approximate surface area is 118 Å². The highest BCUT2D eigenvalue weighted by molar-refractivity contribution is 8.00. The molecule has 5 nitrogen and oxygen atoms in total. The summed E-state index contributed by atoms with van der Waals surface area (Å²) in [6.07, 6.45) is 2.18. The number of nitrogens with one attached hydrogen (secondary N) is 1. The number of carbonyl (C=O) groups excluding carboxylic acids is 1. The third kappa shape index (κ3) is 3.16. The van der Waals surface area contributed by atoms with Crippen molar-refractivity contribution in [1.29, 1.82) is 0 Å². The third-order valence-corrected chi connectivity index (χ3v) is 4.50. The van der Waals surface area contributed by atoms with Crippen LogP contribution in [0.3, 0.4) is 0 Å². The van der Waals surface area contributed by atoms with Crippen LogP contribution in [0.1, 0.15) is 19.8 Å². The summed E-state index contributed by atoms with van der Waals surface area (Å²) < 4.78 is 5.54. The van der Waals surface area contributed by atoms with Gasteiger partial charge in [0.1, 0.15) is 0 Å². The first-order valence-electron chi connectivity index (χ1n) is 6.07. The summed E-state index contributed by atoms with van der Waals surface area (Å²) in [7, 11) is 0. The van der Waals surface area contributed by atoms with Gasteiger partial charge in [0.25, 0.3) is 11.1 Å². The average molecular weight is 295 g/mol. The van der Waals surface area contributed by atoms with Crippen LogP contribution in [0.15, 0.2) is 27.2 Å². The third-order valence-electron chi connectivity index (χ3n) is 2.71. The number of hydrogen-bond acceptors (Lipinski definition) is 6. The van der Waals surface area contributed by atoms with Crippen LogP contribution in [0.4, 0.5) is 0 Å². The quantitative estimate of drug-likeness (QED) is 0.859. The highest BCUT2D eigenvalue weighted by Crippen LogP contribution is 2.29. The van der Waals surface area contributed by atoms with Crippen molar-refractivity contribution in [3.8, 4) is 10.8 Å². The second kappa shape index (κ2) is 5.34. The van der Waals surface area contributed by atoms with E-state index in [1.165, 1.54) is 11.8 Å². The molecule has 2 aromatic rings. The van der Waals surface area contributed by atoms with Gasteiger partial charge in [-0.2, -0.15) is 0 Å². The summed E-state index contributed by atoms with van der Waals surface area (Å²) in [5, 5.41) is 13.1. The predicted molar refractivity (Wildman–Crippen MR) is 74.1 cm³/mol. The second-order valence-electron chi connectivity index (χ2n) is 4.39. The van der Waals surface area contributed by atoms with Gasteiger partial charge in [0.05, 0.1) is 10.1 Å². The highest BCUT2D eigenvalue weighted by atomic mass is 32.2. The maximum Gasteiger partial charge on any atom is 0.277 e. The van der Waals surface area contributed by atoms with E-state index in [1.807, 2.05) is 24.4 Å². The molecule has 19 heavy (non-hydrogen) atoms. The van der Waals surface area contributed by atoms with Gasteiger partial charge in [-0.1, -0.05) is 17.8 Å². The van der Waals surface area contributed by atoms with Crippen molar-refractivity contribution in [2.24, 2.45) is 0 Å². The zero-order valence-electron chi connectivity index (χ0n) is 10.3. The Balaban J connectivity index is 1.61. The van der Waals surface area contributed by atoms with Gasteiger partial charge in [-0.3, -0.25) is 4.79 Å². The average Bonchev–Trinajstić information content (AvgIpc) is 2.90. The summed E-state index contributed by atoms with van der Waals surface area (Å²) in [5.74, 6) is 0.538. The number of aromatic nitrogens is 2. The lowest BCUT2D eigenvalue weighted by Gasteiger charge is -2.08. The Morgan fingerprint density at radius 2 is 2.42 bits per heavy atom. The molecule has 1 saturated carbocycles. The second-order valence-corrected chi connectivity index (χ2v) is 6.63. The molecule has 2 aromatic heterocycles. The number of thiophene rings is 1. The van der Waals surface area contributed by atoms with Crippen molar-refractivity contribution in [3.63, 3.8) is 0 Å². The van der Waals surface area contributed by atoms with Gasteiger partial charge in [-0.05, 0) is 31.2 Å². The molecule has 0 radical (unpaired) electrons. The van der Waals surface area contributed by atoms with E-state index < -0.39 is 0 Å². The minimum absolute atomic E-state index is 0.0309. The van der Waals surface area contributed by atoms with E-state index in [1.54, 1.807) is 11.3 Å². The first-order chi connectivity index (χ1) is 9.22. The summed E-state index contributed by atoms with van der Waals surface area (Å²) in [6.45, 7) is 1.84. The van der Waals surface area contributed by atoms with Gasteiger partial charge in [0.15, 0.2) is 0 Å². The summed E-state index contributed by atoms with van der Waals surface area (Å²) in [5.41, 5.74) is 0. The molecule has 100 valence electrons. The Bertz CT molecular complexity index is 563. The van der Waals surface area contributed by atoms with E-state index in [9.17, 15) is 4.79 Å². The number of thioether (sulfide) groups is 1. The summed E-state index contributed by atoms with van der Waals surface area (Å²) in [4.78, 5) is 12.8. The van der Waals surface area contributed by atoms with Crippen LogP contribution in [0, 0.1) is 0 Å². The Kier molecular flexibility index (Phi) is 3.56. The van der Waals surface area contributed by atoms with Crippen LogP contribution in [0.2, 0.25) is 0 Å². The molecule has 1 aliphatic rings. The molecule has 0 aromatic carbocycles. The van der Waals surface area contributed by atoms with Crippen LogP contribution in [-0.4, -0.2) is 27.4 Å². The molecule has 0 spiro atoms. The van der Waals surface area contributed by atoms with Crippen molar-refractivity contribution >= 4 is 29.0 Å². The molecule has 1 fully saturated rings. The first kappa shape index (κ1) is 12.7. The fourth-order valence-electron chi connectivity index (χ4n) is 1.51.